The van der Waals surface area contributed by atoms with E-state index in [0.29, 0.717) is 11.5 Å². The van der Waals surface area contributed by atoms with Gasteiger partial charge >= 0.3 is 5.97 Å². The van der Waals surface area contributed by atoms with Crippen molar-refractivity contribution in [3.8, 4) is 0 Å². The molecule has 0 saturated carbocycles. The van der Waals surface area contributed by atoms with E-state index in [4.69, 9.17) is 4.74 Å². The number of piperidine rings is 1. The molecule has 0 aliphatic carbocycles. The minimum Gasteiger partial charge on any atom is -0.477 e. The molecule has 2 aliphatic rings. The maximum atomic E-state index is 11.3. The highest BCUT2D eigenvalue weighted by atomic mass is 32.1. The molecule has 0 aromatic carbocycles. The van der Waals surface area contributed by atoms with Gasteiger partial charge in [0.05, 0.1) is 12.3 Å². The van der Waals surface area contributed by atoms with E-state index in [1.165, 1.54) is 16.9 Å². The quantitative estimate of drug-likeness (QED) is 0.922. The van der Waals surface area contributed by atoms with Crippen LogP contribution in [0.1, 0.15) is 38.6 Å². The fourth-order valence-corrected chi connectivity index (χ4v) is 5.00. The monoisotopic (exact) mass is 347 g/mol. The third kappa shape index (κ3) is 2.76. The highest BCUT2D eigenvalue weighted by molar-refractivity contribution is 7.14. The van der Waals surface area contributed by atoms with Crippen LogP contribution in [0.5, 0.6) is 0 Å². The Morgan fingerprint density at radius 1 is 1.46 bits per heavy atom. The predicted molar refractivity (Wildman–Crippen MR) is 90.3 cm³/mol. The number of ether oxygens (including phenoxy) is 1. The summed E-state index contributed by atoms with van der Waals surface area (Å²) >= 11 is 1.40. The summed E-state index contributed by atoms with van der Waals surface area (Å²) in [6.45, 7) is 3.42. The summed E-state index contributed by atoms with van der Waals surface area (Å²) in [7, 11) is 1.93. The van der Waals surface area contributed by atoms with Crippen LogP contribution in [0.2, 0.25) is 0 Å². The van der Waals surface area contributed by atoms with Crippen molar-refractivity contribution in [2.24, 2.45) is 7.05 Å². The van der Waals surface area contributed by atoms with E-state index < -0.39 is 5.97 Å². The van der Waals surface area contributed by atoms with Crippen LogP contribution >= 0.6 is 11.3 Å². The highest BCUT2D eigenvalue weighted by Gasteiger charge is 2.42. The van der Waals surface area contributed by atoms with Gasteiger partial charge in [-0.1, -0.05) is 0 Å². The van der Waals surface area contributed by atoms with Gasteiger partial charge in [0.25, 0.3) is 0 Å². The van der Waals surface area contributed by atoms with Gasteiger partial charge in [-0.2, -0.15) is 5.10 Å². The molecule has 2 aliphatic heterocycles. The third-order valence-corrected chi connectivity index (χ3v) is 6.35. The number of hydrogen-bond donors (Lipinski definition) is 1. The van der Waals surface area contributed by atoms with Gasteiger partial charge in [-0.25, -0.2) is 4.79 Å². The highest BCUT2D eigenvalue weighted by Crippen LogP contribution is 2.45. The van der Waals surface area contributed by atoms with E-state index >= 15 is 0 Å². The zero-order valence-electron chi connectivity index (χ0n) is 13.7. The number of hydrogen-bond acceptors (Lipinski definition) is 5. The summed E-state index contributed by atoms with van der Waals surface area (Å²) in [4.78, 5) is 15.3. The van der Waals surface area contributed by atoms with Gasteiger partial charge in [0, 0.05) is 37.8 Å². The number of fused-ring (bicyclic) bond motifs is 2. The van der Waals surface area contributed by atoms with Crippen LogP contribution in [0, 0.1) is 0 Å². The Morgan fingerprint density at radius 2 is 2.25 bits per heavy atom. The zero-order chi connectivity index (χ0) is 16.7. The SMILES string of the molecule is Cn1ccc(CN2CCC3(CC2)OCCc2cc(C(=O)O)sc23)n1. The van der Waals surface area contributed by atoms with Gasteiger partial charge in [0.1, 0.15) is 10.5 Å². The van der Waals surface area contributed by atoms with Gasteiger partial charge in [0.2, 0.25) is 0 Å². The third-order valence-electron chi connectivity index (χ3n) is 5.00. The first-order valence-corrected chi connectivity index (χ1v) is 9.09. The molecule has 0 bridgehead atoms. The van der Waals surface area contributed by atoms with Crippen molar-refractivity contribution in [2.75, 3.05) is 19.7 Å². The van der Waals surface area contributed by atoms with Crippen molar-refractivity contribution in [3.63, 3.8) is 0 Å². The molecular weight excluding hydrogens is 326 g/mol. The van der Waals surface area contributed by atoms with E-state index in [1.54, 1.807) is 0 Å². The molecule has 1 spiro atoms. The van der Waals surface area contributed by atoms with Gasteiger partial charge in [-0.05, 0) is 37.0 Å². The average Bonchev–Trinajstić information content (AvgIpc) is 3.17. The van der Waals surface area contributed by atoms with Crippen molar-refractivity contribution >= 4 is 17.3 Å². The van der Waals surface area contributed by atoms with E-state index in [0.717, 1.165) is 49.5 Å². The maximum Gasteiger partial charge on any atom is 0.345 e. The lowest BCUT2D eigenvalue weighted by atomic mass is 9.85. The Balaban J connectivity index is 1.50. The maximum absolute atomic E-state index is 11.3. The van der Waals surface area contributed by atoms with Crippen molar-refractivity contribution in [3.05, 3.63) is 39.3 Å². The second-order valence-corrected chi connectivity index (χ2v) is 7.67. The molecule has 0 unspecified atom stereocenters. The molecule has 0 amide bonds. The normalized spacial score (nSPS) is 20.2. The Hall–Kier alpha value is -1.70. The average molecular weight is 347 g/mol. The molecule has 24 heavy (non-hydrogen) atoms. The molecule has 4 rings (SSSR count). The van der Waals surface area contributed by atoms with Crippen LogP contribution in [0.15, 0.2) is 18.3 Å². The fourth-order valence-electron chi connectivity index (χ4n) is 3.75. The fraction of sp³-hybridized carbons (Fsp3) is 0.529. The molecule has 7 heteroatoms. The van der Waals surface area contributed by atoms with E-state index in [2.05, 4.69) is 16.1 Å². The van der Waals surface area contributed by atoms with Crippen LogP contribution in [0.25, 0.3) is 0 Å². The van der Waals surface area contributed by atoms with Crippen molar-refractivity contribution in [1.82, 2.24) is 14.7 Å². The number of aromatic carboxylic acids is 1. The molecule has 0 atom stereocenters. The van der Waals surface area contributed by atoms with Gasteiger partial charge in [-0.15, -0.1) is 11.3 Å². The summed E-state index contributed by atoms with van der Waals surface area (Å²) in [5, 5.41) is 13.7. The summed E-state index contributed by atoms with van der Waals surface area (Å²) < 4.78 is 8.03. The number of likely N-dealkylation sites (tertiary alicyclic amines) is 1. The van der Waals surface area contributed by atoms with Gasteiger partial charge < -0.3 is 9.84 Å². The standard InChI is InChI=1S/C17H21N3O3S/c1-19-6-2-13(18-19)11-20-7-4-17(5-8-20)15-12(3-9-23-17)10-14(24-15)16(21)22/h2,6,10H,3-5,7-9,11H2,1H3,(H,21,22). The lowest BCUT2D eigenvalue weighted by Gasteiger charge is -2.43. The number of carboxylic acids is 1. The molecule has 4 heterocycles. The summed E-state index contributed by atoms with van der Waals surface area (Å²) in [6.07, 6.45) is 4.60. The number of carboxylic acid groups (broad SMARTS) is 1. The topological polar surface area (TPSA) is 67.6 Å². The van der Waals surface area contributed by atoms with E-state index in [1.807, 2.05) is 24.0 Å². The predicted octanol–water partition coefficient (Wildman–Crippen LogP) is 2.24. The van der Waals surface area contributed by atoms with Crippen LogP contribution in [-0.2, 0) is 30.4 Å². The molecule has 2 aromatic rings. The lowest BCUT2D eigenvalue weighted by molar-refractivity contribution is -0.0962. The first-order chi connectivity index (χ1) is 11.6. The second-order valence-electron chi connectivity index (χ2n) is 6.62. The van der Waals surface area contributed by atoms with Crippen molar-refractivity contribution < 1.29 is 14.6 Å². The van der Waals surface area contributed by atoms with E-state index in [9.17, 15) is 9.90 Å². The molecule has 6 nitrogen and oxygen atoms in total. The van der Waals surface area contributed by atoms with Crippen LogP contribution in [0.3, 0.4) is 0 Å². The van der Waals surface area contributed by atoms with Gasteiger partial charge in [-0.3, -0.25) is 9.58 Å². The Bertz CT molecular complexity index is 759. The van der Waals surface area contributed by atoms with Crippen molar-refractivity contribution in [1.29, 1.82) is 0 Å². The van der Waals surface area contributed by atoms with Crippen LogP contribution < -0.4 is 0 Å². The van der Waals surface area contributed by atoms with Gasteiger partial charge in [0.15, 0.2) is 0 Å². The van der Waals surface area contributed by atoms with Crippen LogP contribution in [0.4, 0.5) is 0 Å². The molecule has 128 valence electrons. The molecule has 1 N–H and O–H groups in total. The summed E-state index contributed by atoms with van der Waals surface area (Å²) in [5.74, 6) is -0.836. The van der Waals surface area contributed by atoms with Crippen LogP contribution in [-0.4, -0.2) is 45.5 Å². The smallest absolute Gasteiger partial charge is 0.345 e. The van der Waals surface area contributed by atoms with Crippen molar-refractivity contribution in [2.45, 2.75) is 31.4 Å². The number of nitrogens with zero attached hydrogens (tertiary/aromatic N) is 3. The number of carbonyl (C=O) groups is 1. The lowest BCUT2D eigenvalue weighted by Crippen LogP contribution is -2.45. The minimum absolute atomic E-state index is 0.285. The Morgan fingerprint density at radius 3 is 2.92 bits per heavy atom. The molecular formula is C17H21N3O3S. The van der Waals surface area contributed by atoms with E-state index in [-0.39, 0.29) is 5.60 Å². The second kappa shape index (κ2) is 5.98. The first-order valence-electron chi connectivity index (χ1n) is 8.27. The zero-order valence-corrected chi connectivity index (χ0v) is 14.5. The largest absolute Gasteiger partial charge is 0.477 e. The number of thiophene rings is 1. The summed E-state index contributed by atoms with van der Waals surface area (Å²) in [5.41, 5.74) is 1.97. The summed E-state index contributed by atoms with van der Waals surface area (Å²) in [6, 6.07) is 3.89. The molecule has 2 aromatic heterocycles. The number of rotatable bonds is 3. The number of aromatic nitrogens is 2. The number of aryl methyl sites for hydroxylation is 1. The molecule has 0 radical (unpaired) electrons. The molecule has 1 fully saturated rings. The first kappa shape index (κ1) is 15.8. The Kier molecular flexibility index (Phi) is 3.94. The molecule has 1 saturated heterocycles. The Labute approximate surface area is 144 Å². The minimum atomic E-state index is -0.836.